The Morgan fingerprint density at radius 2 is 2.10 bits per heavy atom. The maximum Gasteiger partial charge on any atom is 0.357 e. The molecule has 0 aliphatic rings. The van der Waals surface area contributed by atoms with Gasteiger partial charge in [0.15, 0.2) is 5.69 Å². The molecule has 0 saturated carbocycles. The van der Waals surface area contributed by atoms with E-state index >= 15 is 0 Å². The molecule has 0 fully saturated rings. The second-order valence-corrected chi connectivity index (χ2v) is 4.90. The van der Waals surface area contributed by atoms with E-state index in [1.165, 1.54) is 18.4 Å². The van der Waals surface area contributed by atoms with Gasteiger partial charge in [-0.25, -0.2) is 14.5 Å². The van der Waals surface area contributed by atoms with E-state index in [1.54, 1.807) is 16.3 Å². The Balaban J connectivity index is 1.91. The number of rotatable bonds is 3. The maximum absolute atomic E-state index is 11.4. The molecule has 0 saturated heterocycles. The van der Waals surface area contributed by atoms with E-state index in [0.717, 1.165) is 16.3 Å². The summed E-state index contributed by atoms with van der Waals surface area (Å²) in [6.07, 6.45) is 3.61. The van der Waals surface area contributed by atoms with Gasteiger partial charge in [0.1, 0.15) is 5.01 Å². The Morgan fingerprint density at radius 3 is 2.85 bits per heavy atom. The summed E-state index contributed by atoms with van der Waals surface area (Å²) < 4.78 is 6.42. The average molecular weight is 285 g/mol. The van der Waals surface area contributed by atoms with Crippen LogP contribution in [0.15, 0.2) is 48.1 Å². The standard InChI is InChI=1S/C14H11N3O2S/c1-19-14(18)12-9-20-13(16-12)10-7-15-17(8-10)11-5-3-2-4-6-11/h2-9H,1H3. The van der Waals surface area contributed by atoms with Gasteiger partial charge in [-0.3, -0.25) is 0 Å². The van der Waals surface area contributed by atoms with Gasteiger partial charge in [-0.05, 0) is 12.1 Å². The van der Waals surface area contributed by atoms with Crippen molar-refractivity contribution in [3.05, 3.63) is 53.8 Å². The minimum absolute atomic E-state index is 0.319. The van der Waals surface area contributed by atoms with Gasteiger partial charge >= 0.3 is 5.97 Å². The number of carbonyl (C=O) groups is 1. The van der Waals surface area contributed by atoms with Crippen molar-refractivity contribution in [2.45, 2.75) is 0 Å². The summed E-state index contributed by atoms with van der Waals surface area (Å²) >= 11 is 1.39. The van der Waals surface area contributed by atoms with Crippen LogP contribution in [0.5, 0.6) is 0 Å². The SMILES string of the molecule is COC(=O)c1csc(-c2cnn(-c3ccccc3)c2)n1. The Kier molecular flexibility index (Phi) is 3.30. The van der Waals surface area contributed by atoms with E-state index in [0.29, 0.717) is 5.69 Å². The molecule has 3 aromatic rings. The van der Waals surface area contributed by atoms with Gasteiger partial charge in [-0.15, -0.1) is 11.3 Å². The van der Waals surface area contributed by atoms with E-state index < -0.39 is 5.97 Å². The van der Waals surface area contributed by atoms with Crippen molar-refractivity contribution in [3.8, 4) is 16.3 Å². The molecule has 1 aromatic carbocycles. The maximum atomic E-state index is 11.4. The molecule has 0 bridgehead atoms. The molecule has 2 heterocycles. The number of thiazole rings is 1. The number of benzene rings is 1. The van der Waals surface area contributed by atoms with Crippen molar-refractivity contribution >= 4 is 17.3 Å². The van der Waals surface area contributed by atoms with Gasteiger partial charge in [0.2, 0.25) is 0 Å². The van der Waals surface area contributed by atoms with Crippen molar-refractivity contribution in [2.24, 2.45) is 0 Å². The summed E-state index contributed by atoms with van der Waals surface area (Å²) in [6.45, 7) is 0. The summed E-state index contributed by atoms with van der Waals surface area (Å²) in [6, 6.07) is 9.80. The molecule has 0 spiro atoms. The summed E-state index contributed by atoms with van der Waals surface area (Å²) in [4.78, 5) is 15.6. The molecule has 6 heteroatoms. The lowest BCUT2D eigenvalue weighted by atomic mass is 10.3. The van der Waals surface area contributed by atoms with Crippen molar-refractivity contribution in [2.75, 3.05) is 7.11 Å². The fourth-order valence-electron chi connectivity index (χ4n) is 1.76. The fraction of sp³-hybridized carbons (Fsp3) is 0.0714. The molecule has 3 rings (SSSR count). The van der Waals surface area contributed by atoms with Crippen molar-refractivity contribution in [1.82, 2.24) is 14.8 Å². The minimum Gasteiger partial charge on any atom is -0.464 e. The first-order valence-corrected chi connectivity index (χ1v) is 6.80. The van der Waals surface area contributed by atoms with Crippen LogP contribution >= 0.6 is 11.3 Å². The largest absolute Gasteiger partial charge is 0.464 e. The zero-order valence-corrected chi connectivity index (χ0v) is 11.5. The molecule has 0 radical (unpaired) electrons. The first-order valence-electron chi connectivity index (χ1n) is 5.92. The van der Waals surface area contributed by atoms with Crippen molar-refractivity contribution < 1.29 is 9.53 Å². The number of aromatic nitrogens is 3. The Labute approximate surface area is 119 Å². The van der Waals surface area contributed by atoms with Gasteiger partial charge in [0, 0.05) is 17.1 Å². The summed E-state index contributed by atoms with van der Waals surface area (Å²) in [5.74, 6) is -0.428. The molecule has 0 atom stereocenters. The highest BCUT2D eigenvalue weighted by molar-refractivity contribution is 7.13. The predicted molar refractivity (Wildman–Crippen MR) is 76.0 cm³/mol. The highest BCUT2D eigenvalue weighted by atomic mass is 32.1. The number of carbonyl (C=O) groups excluding carboxylic acids is 1. The van der Waals surface area contributed by atoms with E-state index in [-0.39, 0.29) is 0 Å². The van der Waals surface area contributed by atoms with Crippen LogP contribution in [0, 0.1) is 0 Å². The summed E-state index contributed by atoms with van der Waals surface area (Å²) in [7, 11) is 1.34. The molecule has 0 aliphatic heterocycles. The van der Waals surface area contributed by atoms with Crippen LogP contribution in [-0.4, -0.2) is 27.8 Å². The molecular weight excluding hydrogens is 274 g/mol. The third kappa shape index (κ3) is 2.33. The van der Waals surface area contributed by atoms with Gasteiger partial charge in [-0.1, -0.05) is 18.2 Å². The number of hydrogen-bond donors (Lipinski definition) is 0. The third-order valence-corrected chi connectivity index (χ3v) is 3.64. The molecule has 0 aliphatic carbocycles. The summed E-state index contributed by atoms with van der Waals surface area (Å²) in [5.41, 5.74) is 2.16. The van der Waals surface area contributed by atoms with E-state index in [9.17, 15) is 4.79 Å². The van der Waals surface area contributed by atoms with E-state index in [4.69, 9.17) is 0 Å². The van der Waals surface area contributed by atoms with Gasteiger partial charge < -0.3 is 4.74 Å². The fourth-order valence-corrected chi connectivity index (χ4v) is 2.52. The highest BCUT2D eigenvalue weighted by Crippen LogP contribution is 2.24. The van der Waals surface area contributed by atoms with Gasteiger partial charge in [0.05, 0.1) is 19.0 Å². The zero-order chi connectivity index (χ0) is 13.9. The van der Waals surface area contributed by atoms with Crippen LogP contribution in [-0.2, 0) is 4.74 Å². The lowest BCUT2D eigenvalue weighted by Crippen LogP contribution is -2.00. The van der Waals surface area contributed by atoms with Crippen LogP contribution < -0.4 is 0 Å². The highest BCUT2D eigenvalue weighted by Gasteiger charge is 2.13. The third-order valence-electron chi connectivity index (χ3n) is 2.75. The number of methoxy groups -OCH3 is 1. The number of esters is 1. The molecule has 0 amide bonds. The number of para-hydroxylation sites is 1. The molecule has 2 aromatic heterocycles. The molecule has 20 heavy (non-hydrogen) atoms. The van der Waals surface area contributed by atoms with Gasteiger partial charge in [-0.2, -0.15) is 5.10 Å². The van der Waals surface area contributed by atoms with E-state index in [1.807, 2.05) is 36.5 Å². The molecule has 5 nitrogen and oxygen atoms in total. The van der Waals surface area contributed by atoms with Crippen LogP contribution in [0.4, 0.5) is 0 Å². The first-order chi connectivity index (χ1) is 9.78. The quantitative estimate of drug-likeness (QED) is 0.694. The van der Waals surface area contributed by atoms with Crippen LogP contribution in [0.3, 0.4) is 0 Å². The minimum atomic E-state index is -0.428. The number of nitrogens with zero attached hydrogens (tertiary/aromatic N) is 3. The second-order valence-electron chi connectivity index (χ2n) is 4.04. The molecular formula is C14H11N3O2S. The van der Waals surface area contributed by atoms with Crippen LogP contribution in [0.1, 0.15) is 10.5 Å². The first kappa shape index (κ1) is 12.6. The Bertz CT molecular complexity index is 734. The Hall–Kier alpha value is -2.47. The molecule has 0 N–H and O–H groups in total. The smallest absolute Gasteiger partial charge is 0.357 e. The molecule has 100 valence electrons. The second kappa shape index (κ2) is 5.26. The monoisotopic (exact) mass is 285 g/mol. The van der Waals surface area contributed by atoms with E-state index in [2.05, 4.69) is 14.8 Å². The van der Waals surface area contributed by atoms with Gasteiger partial charge in [0.25, 0.3) is 0 Å². The normalized spacial score (nSPS) is 10.4. The van der Waals surface area contributed by atoms with Crippen molar-refractivity contribution in [3.63, 3.8) is 0 Å². The van der Waals surface area contributed by atoms with Crippen molar-refractivity contribution in [1.29, 1.82) is 0 Å². The molecule has 0 unspecified atom stereocenters. The van der Waals surface area contributed by atoms with Crippen LogP contribution in [0.25, 0.3) is 16.3 Å². The number of hydrogen-bond acceptors (Lipinski definition) is 5. The lowest BCUT2D eigenvalue weighted by molar-refractivity contribution is 0.0595. The average Bonchev–Trinajstić information content (AvgIpc) is 3.16. The topological polar surface area (TPSA) is 57.0 Å². The number of ether oxygens (including phenoxy) is 1. The predicted octanol–water partition coefficient (Wildman–Crippen LogP) is 2.78. The summed E-state index contributed by atoms with van der Waals surface area (Å²) in [5, 5.41) is 6.73. The Morgan fingerprint density at radius 1 is 1.30 bits per heavy atom. The lowest BCUT2D eigenvalue weighted by Gasteiger charge is -1.98. The van der Waals surface area contributed by atoms with Crippen LogP contribution in [0.2, 0.25) is 0 Å². The zero-order valence-electron chi connectivity index (χ0n) is 10.7.